The number of unbranched alkanes of at least 4 members (excludes halogenated alkanes) is 1. The maximum absolute atomic E-state index is 13.7. The third kappa shape index (κ3) is 4.88. The lowest BCUT2D eigenvalue weighted by atomic mass is 9.59. The van der Waals surface area contributed by atoms with Crippen LogP contribution in [0.1, 0.15) is 47.9 Å². The third-order valence-electron chi connectivity index (χ3n) is 9.31. The number of rotatable bonds is 7. The van der Waals surface area contributed by atoms with E-state index < -0.39 is 52.0 Å². The number of phenolic OH excluding ortho intramolecular Hbond substituents is 1. The Bertz CT molecular complexity index is 1760. The summed E-state index contributed by atoms with van der Waals surface area (Å²) in [6.07, 6.45) is 3.96. The number of phenols is 1. The third-order valence-corrected chi connectivity index (χ3v) is 9.56. The van der Waals surface area contributed by atoms with E-state index in [1.54, 1.807) is 6.07 Å². The van der Waals surface area contributed by atoms with Crippen LogP contribution in [0.2, 0.25) is 5.02 Å². The number of halogens is 1. The number of Topliss-reactive ketones (excluding diaryl/α,β-unsaturated/α-hetero) is 2. The number of carbonyl (C=O) groups excluding carboxylic acids is 3. The minimum Gasteiger partial charge on any atom is -0.508 e. The fourth-order valence-electron chi connectivity index (χ4n) is 7.05. The van der Waals surface area contributed by atoms with Crippen molar-refractivity contribution < 1.29 is 34.8 Å². The highest BCUT2D eigenvalue weighted by Crippen LogP contribution is 2.53. The van der Waals surface area contributed by atoms with Gasteiger partial charge in [0.15, 0.2) is 11.4 Å². The monoisotopic (exact) mass is 613 g/mol. The van der Waals surface area contributed by atoms with Gasteiger partial charge in [-0.3, -0.25) is 14.4 Å². The maximum Gasteiger partial charge on any atom is 0.255 e. The van der Waals surface area contributed by atoms with Crippen molar-refractivity contribution in [3.63, 3.8) is 0 Å². The Kier molecular flexibility index (Phi) is 7.59. The molecule has 6 N–H and O–H groups in total. The molecule has 0 unspecified atom stereocenters. The summed E-state index contributed by atoms with van der Waals surface area (Å²) in [4.78, 5) is 38.2. The van der Waals surface area contributed by atoms with Crippen molar-refractivity contribution in [3.8, 4) is 16.9 Å². The molecule has 1 amide bonds. The number of carbonyl (C=O) groups is 3. The highest BCUT2D eigenvalue weighted by Gasteiger charge is 2.60. The van der Waals surface area contributed by atoms with Gasteiger partial charge in [-0.2, -0.15) is 0 Å². The summed E-state index contributed by atoms with van der Waals surface area (Å²) in [5.74, 6) is -6.39. The molecule has 0 radical (unpaired) electrons. The van der Waals surface area contributed by atoms with Crippen LogP contribution < -0.4 is 5.73 Å². The molecule has 0 saturated heterocycles. The Hall–Kier alpha value is -4.40. The number of aliphatic hydroxyl groups is 3. The van der Waals surface area contributed by atoms with Gasteiger partial charge >= 0.3 is 0 Å². The molecule has 9 heteroatoms. The minimum absolute atomic E-state index is 0.0842. The first-order valence-corrected chi connectivity index (χ1v) is 15.0. The molecule has 226 valence electrons. The molecule has 44 heavy (non-hydrogen) atoms. The van der Waals surface area contributed by atoms with E-state index in [9.17, 15) is 34.8 Å². The second-order valence-corrected chi connectivity index (χ2v) is 12.4. The first-order valence-electron chi connectivity index (χ1n) is 14.7. The number of amides is 1. The smallest absolute Gasteiger partial charge is 0.255 e. The SMILES string of the molecule is NC(=O)C1=C(O)[C@@]2(O)C(=O)C3=C(O)c4c(O)ccc(-c5ccc(CCCCc6ccc(Cl)cc6)cc5)c4C[C@H]3C[C@H]2CC1=O. The van der Waals surface area contributed by atoms with Crippen molar-refractivity contribution in [3.05, 3.63) is 105 Å². The molecule has 3 aliphatic carbocycles. The summed E-state index contributed by atoms with van der Waals surface area (Å²) in [5, 5.41) is 45.1. The zero-order valence-electron chi connectivity index (χ0n) is 23.8. The fourth-order valence-corrected chi connectivity index (χ4v) is 7.18. The first kappa shape index (κ1) is 29.7. The molecule has 0 spiro atoms. The van der Waals surface area contributed by atoms with Crippen molar-refractivity contribution in [1.29, 1.82) is 0 Å². The van der Waals surface area contributed by atoms with Crippen LogP contribution in [-0.4, -0.2) is 43.5 Å². The molecule has 6 rings (SSSR count). The molecule has 0 heterocycles. The van der Waals surface area contributed by atoms with Crippen LogP contribution in [0.25, 0.3) is 16.9 Å². The topological polar surface area (TPSA) is 158 Å². The summed E-state index contributed by atoms with van der Waals surface area (Å²) >= 11 is 5.97. The molecule has 3 aromatic carbocycles. The molecule has 0 aliphatic heterocycles. The highest BCUT2D eigenvalue weighted by molar-refractivity contribution is 6.30. The van der Waals surface area contributed by atoms with Crippen LogP contribution in [0.15, 0.2) is 77.6 Å². The van der Waals surface area contributed by atoms with Gasteiger partial charge in [-0.25, -0.2) is 0 Å². The van der Waals surface area contributed by atoms with E-state index in [-0.39, 0.29) is 36.1 Å². The number of aromatic hydroxyl groups is 1. The van der Waals surface area contributed by atoms with Gasteiger partial charge in [0.1, 0.15) is 22.8 Å². The number of primary amides is 1. The standard InChI is InChI=1S/C35H32ClNO7/c36-23-11-7-19(8-12-23)4-2-1-3-18-5-9-20(10-6-18)24-13-14-26(38)29-25(24)16-21-15-22-17-27(39)30(34(37)43)33(42)35(22,44)32(41)28(21)31(29)40/h5-14,21-22,38,40,42,44H,1-4,15-17H2,(H2,37,43)/t21-,22+,35+/m1/s1. The summed E-state index contributed by atoms with van der Waals surface area (Å²) in [7, 11) is 0. The average molecular weight is 614 g/mol. The zero-order valence-corrected chi connectivity index (χ0v) is 24.6. The zero-order chi connectivity index (χ0) is 31.3. The molecular formula is C35H32ClNO7. The largest absolute Gasteiger partial charge is 0.508 e. The van der Waals surface area contributed by atoms with Crippen LogP contribution in [0.3, 0.4) is 0 Å². The predicted octanol–water partition coefficient (Wildman–Crippen LogP) is 5.31. The normalized spacial score (nSPS) is 22.9. The van der Waals surface area contributed by atoms with E-state index in [0.29, 0.717) is 5.56 Å². The van der Waals surface area contributed by atoms with E-state index in [1.807, 2.05) is 36.4 Å². The molecule has 8 nitrogen and oxygen atoms in total. The quantitative estimate of drug-likeness (QED) is 0.178. The lowest BCUT2D eigenvalue weighted by molar-refractivity contribution is -0.147. The Labute approximate surface area is 259 Å². The first-order chi connectivity index (χ1) is 21.0. The van der Waals surface area contributed by atoms with Gasteiger partial charge < -0.3 is 26.2 Å². The number of fused-ring (bicyclic) bond motifs is 3. The number of hydrogen-bond donors (Lipinski definition) is 5. The summed E-state index contributed by atoms with van der Waals surface area (Å²) < 4.78 is 0. The van der Waals surface area contributed by atoms with Crippen LogP contribution in [-0.2, 0) is 33.6 Å². The minimum atomic E-state index is -2.58. The van der Waals surface area contributed by atoms with Crippen molar-refractivity contribution >= 4 is 34.8 Å². The molecule has 0 aromatic heterocycles. The fraction of sp³-hybridized carbons (Fsp3) is 0.286. The van der Waals surface area contributed by atoms with E-state index in [1.165, 1.54) is 17.2 Å². The summed E-state index contributed by atoms with van der Waals surface area (Å²) in [6.45, 7) is 0. The van der Waals surface area contributed by atoms with Gasteiger partial charge in [0.05, 0.1) is 5.56 Å². The number of nitrogens with two attached hydrogens (primary N) is 1. The van der Waals surface area contributed by atoms with E-state index >= 15 is 0 Å². The van der Waals surface area contributed by atoms with Gasteiger partial charge in [0.2, 0.25) is 5.78 Å². The summed E-state index contributed by atoms with van der Waals surface area (Å²) in [5.41, 5.74) is 6.55. The van der Waals surface area contributed by atoms with Gasteiger partial charge in [-0.05, 0) is 90.5 Å². The van der Waals surface area contributed by atoms with E-state index in [4.69, 9.17) is 17.3 Å². The predicted molar refractivity (Wildman–Crippen MR) is 165 cm³/mol. The van der Waals surface area contributed by atoms with Crippen LogP contribution in [0, 0.1) is 11.8 Å². The molecule has 1 saturated carbocycles. The van der Waals surface area contributed by atoms with E-state index in [2.05, 4.69) is 12.1 Å². The Morgan fingerprint density at radius 1 is 0.886 bits per heavy atom. The highest BCUT2D eigenvalue weighted by atomic mass is 35.5. The van der Waals surface area contributed by atoms with Gasteiger partial charge in [-0.1, -0.05) is 54.1 Å². The van der Waals surface area contributed by atoms with Gasteiger partial charge in [-0.15, -0.1) is 0 Å². The van der Waals surface area contributed by atoms with Gasteiger partial charge in [0.25, 0.3) is 5.91 Å². The molecule has 1 fully saturated rings. The number of aryl methyl sites for hydroxylation is 2. The molecular weight excluding hydrogens is 582 g/mol. The molecule has 3 aliphatic rings. The van der Waals surface area contributed by atoms with Crippen molar-refractivity contribution in [2.75, 3.05) is 0 Å². The second-order valence-electron chi connectivity index (χ2n) is 11.9. The van der Waals surface area contributed by atoms with Crippen LogP contribution >= 0.6 is 11.6 Å². The Balaban J connectivity index is 1.27. The van der Waals surface area contributed by atoms with Crippen LogP contribution in [0.4, 0.5) is 0 Å². The number of aliphatic hydroxyl groups excluding tert-OH is 2. The lowest BCUT2D eigenvalue weighted by Crippen LogP contribution is -2.58. The second kappa shape index (κ2) is 11.3. The maximum atomic E-state index is 13.7. The Morgan fingerprint density at radius 3 is 2.11 bits per heavy atom. The lowest BCUT2D eigenvalue weighted by Gasteiger charge is -2.46. The average Bonchev–Trinajstić information content (AvgIpc) is 2.98. The molecule has 0 bridgehead atoms. The number of ketones is 2. The summed E-state index contributed by atoms with van der Waals surface area (Å²) in [6, 6.07) is 19.2. The van der Waals surface area contributed by atoms with Crippen LogP contribution in [0.5, 0.6) is 5.75 Å². The molecule has 3 atom stereocenters. The number of hydrogen-bond acceptors (Lipinski definition) is 7. The Morgan fingerprint density at radius 2 is 1.50 bits per heavy atom. The van der Waals surface area contributed by atoms with Gasteiger partial charge in [0, 0.05) is 22.9 Å². The molecule has 3 aromatic rings. The van der Waals surface area contributed by atoms with E-state index in [0.717, 1.165) is 41.8 Å². The van der Waals surface area contributed by atoms with Crippen molar-refractivity contribution in [2.24, 2.45) is 17.6 Å². The van der Waals surface area contributed by atoms with Crippen molar-refractivity contribution in [2.45, 2.75) is 50.5 Å². The number of benzene rings is 3. The van der Waals surface area contributed by atoms with Crippen molar-refractivity contribution in [1.82, 2.24) is 0 Å².